The molecule has 1 aromatic carbocycles. The van der Waals surface area contributed by atoms with Gasteiger partial charge in [0.25, 0.3) is 11.9 Å². The average molecular weight is 510 g/mol. The Labute approximate surface area is 191 Å². The summed E-state index contributed by atoms with van der Waals surface area (Å²) in [7, 11) is -9.81. The number of aliphatic carboxylic acids is 1. The molecule has 8 nitrogen and oxygen atoms in total. The highest BCUT2D eigenvalue weighted by Crippen LogP contribution is 3.02. The highest BCUT2D eigenvalue weighted by molar-refractivity contribution is 8.45. The predicted molar refractivity (Wildman–Crippen MR) is 119 cm³/mol. The number of nitrogens with two attached hydrogens (primary N) is 1. The molecule has 0 aliphatic rings. The molecule has 0 aliphatic carbocycles. The van der Waals surface area contributed by atoms with E-state index in [1.54, 1.807) is 13.8 Å². The number of carbonyl (C=O) groups excluding carboxylic acids is 1. The quantitative estimate of drug-likeness (QED) is 0.352. The predicted octanol–water partition coefficient (Wildman–Crippen LogP) is 5.15. The van der Waals surface area contributed by atoms with Crippen LogP contribution >= 0.6 is 10.2 Å². The maximum absolute atomic E-state index is 13.1. The van der Waals surface area contributed by atoms with Gasteiger partial charge in [0.1, 0.15) is 16.3 Å². The molecule has 0 saturated carbocycles. The van der Waals surface area contributed by atoms with E-state index in [0.29, 0.717) is 12.1 Å². The first-order valence-corrected chi connectivity index (χ1v) is 11.6. The molecule has 2 heterocycles. The number of H-pyrrole nitrogens is 1. The van der Waals surface area contributed by atoms with E-state index in [2.05, 4.69) is 20.3 Å². The molecule has 0 saturated heterocycles. The number of aromatic amines is 1. The zero-order valence-corrected chi connectivity index (χ0v) is 19.4. The minimum absolute atomic E-state index is 0.0255. The molecule has 0 fully saturated rings. The van der Waals surface area contributed by atoms with Gasteiger partial charge in [-0.05, 0) is 44.5 Å². The molecule has 188 valence electrons. The number of aromatic nitrogens is 3. The Bertz CT molecular complexity index is 1250. The molecule has 0 radical (unpaired) electrons. The van der Waals surface area contributed by atoms with Gasteiger partial charge in [-0.25, -0.2) is 4.98 Å². The van der Waals surface area contributed by atoms with E-state index in [9.17, 15) is 24.2 Å². The van der Waals surface area contributed by atoms with Crippen molar-refractivity contribution >= 4 is 33.0 Å². The average Bonchev–Trinajstić information content (AvgIpc) is 3.00. The number of hydrogen-bond donors (Lipinski definition) is 4. The lowest BCUT2D eigenvalue weighted by atomic mass is 10.1. The molecule has 14 heteroatoms. The second kappa shape index (κ2) is 8.20. The fraction of sp³-hybridized carbons (Fsp3) is 0.300. The molecule has 0 spiro atoms. The van der Waals surface area contributed by atoms with Crippen LogP contribution < -0.4 is 11.1 Å². The first-order valence-electron chi connectivity index (χ1n) is 9.63. The first-order chi connectivity index (χ1) is 15.2. The third-order valence-electron chi connectivity index (χ3n) is 4.30. The Hall–Kier alpha value is -3.26. The molecule has 0 unspecified atom stereocenters. The molecular weight excluding hydrogens is 485 g/mol. The number of carboxylic acid groups (broad SMARTS) is 1. The lowest BCUT2D eigenvalue weighted by Crippen LogP contribution is -2.45. The monoisotopic (exact) mass is 509 g/mol. The molecule has 3 rings (SSSR count). The topological polar surface area (TPSA) is 134 Å². The number of carboxylic acids is 1. The van der Waals surface area contributed by atoms with Crippen molar-refractivity contribution in [3.8, 4) is 11.4 Å². The maximum atomic E-state index is 13.1. The van der Waals surface area contributed by atoms with E-state index in [-0.39, 0.29) is 40.1 Å². The number of rotatable bonds is 5. The maximum Gasteiger partial charge on any atom is 0.310 e. The summed E-state index contributed by atoms with van der Waals surface area (Å²) in [5.41, 5.74) is 6.08. The standard InChI is InChI=1S/C18H20F5N5OS.C2H4O2/c1-10-12-6-11(30(19,20,21,22)23)4-5-13(12)28-16(10)14-7-25-8-15(27-14)17(29)26-9-18(2,3)24;1-2(3)4/h4-8,28H,9,24H2,1-3H3,(H,26,29);1H3,(H,3,4). The second-order valence-corrected chi connectivity index (χ2v) is 10.7. The number of nitrogens with zero attached hydrogens (tertiary/aromatic N) is 2. The van der Waals surface area contributed by atoms with Gasteiger partial charge >= 0.3 is 10.2 Å². The smallest absolute Gasteiger partial charge is 0.310 e. The zero-order chi connectivity index (χ0) is 26.2. The summed E-state index contributed by atoms with van der Waals surface area (Å²) in [5, 5.41) is 10.00. The van der Waals surface area contributed by atoms with Gasteiger partial charge in [-0.1, -0.05) is 19.4 Å². The number of benzene rings is 1. The minimum atomic E-state index is -9.81. The number of amides is 1. The molecule has 0 atom stereocenters. The van der Waals surface area contributed by atoms with Crippen LogP contribution in [0.1, 0.15) is 36.8 Å². The summed E-state index contributed by atoms with van der Waals surface area (Å²) in [5.74, 6) is -1.36. The van der Waals surface area contributed by atoms with Gasteiger partial charge in [0.2, 0.25) is 0 Å². The third-order valence-corrected chi connectivity index (χ3v) is 5.45. The summed E-state index contributed by atoms with van der Waals surface area (Å²) in [6.07, 6.45) is 2.54. The Balaban J connectivity index is 0.000000945. The summed E-state index contributed by atoms with van der Waals surface area (Å²) in [6, 6.07) is 1.69. The van der Waals surface area contributed by atoms with Crippen LogP contribution in [0.15, 0.2) is 35.5 Å². The van der Waals surface area contributed by atoms with Crippen LogP contribution in [-0.4, -0.2) is 44.0 Å². The first kappa shape index (κ1) is 27.0. The molecule has 34 heavy (non-hydrogen) atoms. The van der Waals surface area contributed by atoms with Gasteiger partial charge in [-0.15, -0.1) is 0 Å². The number of carbonyl (C=O) groups is 2. The van der Waals surface area contributed by atoms with Crippen molar-refractivity contribution in [1.29, 1.82) is 0 Å². The van der Waals surface area contributed by atoms with Crippen molar-refractivity contribution in [3.63, 3.8) is 0 Å². The van der Waals surface area contributed by atoms with Crippen LogP contribution in [0, 0.1) is 6.92 Å². The second-order valence-electron chi connectivity index (χ2n) is 8.28. The summed E-state index contributed by atoms with van der Waals surface area (Å²) < 4.78 is 65.7. The van der Waals surface area contributed by atoms with Crippen LogP contribution in [-0.2, 0) is 4.79 Å². The van der Waals surface area contributed by atoms with Crippen LogP contribution in [0.3, 0.4) is 0 Å². The van der Waals surface area contributed by atoms with Gasteiger partial charge in [-0.3, -0.25) is 14.6 Å². The van der Waals surface area contributed by atoms with E-state index >= 15 is 0 Å². The fourth-order valence-electron chi connectivity index (χ4n) is 2.80. The number of nitrogens with one attached hydrogen (secondary N) is 2. The van der Waals surface area contributed by atoms with Crippen molar-refractivity contribution in [2.45, 2.75) is 38.1 Å². The highest BCUT2D eigenvalue weighted by atomic mass is 32.5. The molecule has 0 bridgehead atoms. The summed E-state index contributed by atoms with van der Waals surface area (Å²) >= 11 is 0. The van der Waals surface area contributed by atoms with Crippen LogP contribution in [0.2, 0.25) is 0 Å². The van der Waals surface area contributed by atoms with Crippen LogP contribution in [0.4, 0.5) is 19.4 Å². The van der Waals surface area contributed by atoms with E-state index in [0.717, 1.165) is 13.0 Å². The van der Waals surface area contributed by atoms with E-state index < -0.39 is 32.5 Å². The molecule has 3 aromatic rings. The zero-order valence-electron chi connectivity index (χ0n) is 18.6. The number of hydrogen-bond acceptors (Lipinski definition) is 5. The number of aryl methyl sites for hydroxylation is 1. The SMILES string of the molecule is CC(=O)O.Cc1c(-c2cncc(C(=O)NCC(C)(C)N)n2)[nH]c2ccc(S(F)(F)(F)(F)F)cc12. The van der Waals surface area contributed by atoms with Gasteiger partial charge in [-0.2, -0.15) is 0 Å². The Morgan fingerprint density at radius 3 is 2.29 bits per heavy atom. The van der Waals surface area contributed by atoms with Gasteiger partial charge in [0.15, 0.2) is 0 Å². The van der Waals surface area contributed by atoms with Crippen LogP contribution in [0.5, 0.6) is 0 Å². The Kier molecular flexibility index (Phi) is 6.51. The molecule has 0 aliphatic heterocycles. The van der Waals surface area contributed by atoms with E-state index in [4.69, 9.17) is 15.6 Å². The molecule has 5 N–H and O–H groups in total. The van der Waals surface area contributed by atoms with E-state index in [1.807, 2.05) is 0 Å². The van der Waals surface area contributed by atoms with Crippen LogP contribution in [0.25, 0.3) is 22.3 Å². The molecular formula is C20H24F5N5O3S. The van der Waals surface area contributed by atoms with Gasteiger partial charge in [0, 0.05) is 29.9 Å². The molecule has 1 amide bonds. The summed E-state index contributed by atoms with van der Waals surface area (Å²) in [6.45, 7) is 6.18. The van der Waals surface area contributed by atoms with Crippen molar-refractivity contribution in [2.75, 3.05) is 6.54 Å². The number of fused-ring (bicyclic) bond motifs is 1. The highest BCUT2D eigenvalue weighted by Gasteiger charge is 2.65. The lowest BCUT2D eigenvalue weighted by Gasteiger charge is -2.40. The van der Waals surface area contributed by atoms with Crippen molar-refractivity contribution in [1.82, 2.24) is 20.3 Å². The Morgan fingerprint density at radius 1 is 1.18 bits per heavy atom. The Morgan fingerprint density at radius 2 is 1.76 bits per heavy atom. The van der Waals surface area contributed by atoms with Crippen molar-refractivity contribution < 1.29 is 34.1 Å². The van der Waals surface area contributed by atoms with Gasteiger partial charge in [0.05, 0.1) is 18.1 Å². The van der Waals surface area contributed by atoms with Crippen molar-refractivity contribution in [2.24, 2.45) is 5.73 Å². The summed E-state index contributed by atoms with van der Waals surface area (Å²) in [4.78, 5) is 30.3. The largest absolute Gasteiger partial charge is 0.481 e. The lowest BCUT2D eigenvalue weighted by molar-refractivity contribution is -0.134. The third kappa shape index (κ3) is 7.12. The number of halogens is 5. The van der Waals surface area contributed by atoms with E-state index in [1.165, 1.54) is 19.3 Å². The van der Waals surface area contributed by atoms with Crippen molar-refractivity contribution in [3.05, 3.63) is 41.9 Å². The molecule has 2 aromatic heterocycles. The minimum Gasteiger partial charge on any atom is -0.481 e. The van der Waals surface area contributed by atoms with Gasteiger partial charge < -0.3 is 21.1 Å². The fourth-order valence-corrected chi connectivity index (χ4v) is 3.46. The normalized spacial score (nSPS) is 13.9.